The van der Waals surface area contributed by atoms with Crippen molar-refractivity contribution in [3.05, 3.63) is 0 Å². The molecule has 0 saturated heterocycles. The average Bonchev–Trinajstić information content (AvgIpc) is 2.32. The fourth-order valence-electron chi connectivity index (χ4n) is 0.476. The van der Waals surface area contributed by atoms with Gasteiger partial charge in [0.25, 0.3) is 0 Å². The van der Waals surface area contributed by atoms with Crippen molar-refractivity contribution in [3.8, 4) is 6.07 Å². The highest BCUT2D eigenvalue weighted by molar-refractivity contribution is 7.93. The highest BCUT2D eigenvalue weighted by Gasteiger charge is 1.96. The van der Waals surface area contributed by atoms with Crippen LogP contribution in [-0.2, 0) is 19.1 Å². The summed E-state index contributed by atoms with van der Waals surface area (Å²) in [6, 6.07) is 1.68. The number of hydrogen-bond acceptors (Lipinski definition) is 7. The van der Waals surface area contributed by atoms with E-state index in [2.05, 4.69) is 33.9 Å². The molecule has 0 aliphatic carbocycles. The molecule has 0 aromatic carbocycles. The molecule has 0 spiro atoms. The number of carbonyl (C=O) groups excluding carboxylic acids is 2. The standard InChI is InChI=1S/C5H7NO2.C4H7ClO2.CS2/c1-2-8-5(7)3-4-6;1-2-7-4(6)3-5;2-1-3/h2-3H2,1H3;2-3H2,1H3;. The van der Waals surface area contributed by atoms with Crippen LogP contribution in [0.1, 0.15) is 20.3 Å². The van der Waals surface area contributed by atoms with Gasteiger partial charge in [0.1, 0.15) is 12.3 Å². The zero-order valence-corrected chi connectivity index (χ0v) is 12.5. The first kappa shape index (κ1) is 22.1. The number of hydrogen-bond donors (Lipinski definition) is 0. The van der Waals surface area contributed by atoms with E-state index in [4.69, 9.17) is 16.9 Å². The molecule has 0 aromatic rings. The van der Waals surface area contributed by atoms with Crippen molar-refractivity contribution < 1.29 is 19.1 Å². The van der Waals surface area contributed by atoms with Gasteiger partial charge in [-0.25, -0.2) is 0 Å². The molecule has 0 aromatic heterocycles. The van der Waals surface area contributed by atoms with Gasteiger partial charge in [-0.2, -0.15) is 5.26 Å². The molecule has 8 heteroatoms. The van der Waals surface area contributed by atoms with Crippen molar-refractivity contribution in [2.75, 3.05) is 19.1 Å². The lowest BCUT2D eigenvalue weighted by molar-refractivity contribution is -0.142. The van der Waals surface area contributed by atoms with E-state index >= 15 is 0 Å². The van der Waals surface area contributed by atoms with Gasteiger partial charge < -0.3 is 9.47 Å². The number of nitriles is 1. The molecule has 0 rings (SSSR count). The molecule has 0 atom stereocenters. The maximum absolute atomic E-state index is 10.2. The largest absolute Gasteiger partial charge is 0.465 e. The fourth-order valence-corrected chi connectivity index (χ4v) is 0.553. The Bertz CT molecular complexity index is 299. The van der Waals surface area contributed by atoms with Crippen LogP contribution < -0.4 is 0 Å². The molecule has 0 amide bonds. The third-order valence-corrected chi connectivity index (χ3v) is 1.16. The van der Waals surface area contributed by atoms with Crippen molar-refractivity contribution in [1.82, 2.24) is 0 Å². The molecule has 0 saturated carbocycles. The Labute approximate surface area is 122 Å². The summed E-state index contributed by atoms with van der Waals surface area (Å²) in [5.74, 6) is -0.854. The van der Waals surface area contributed by atoms with Crippen LogP contribution in [0.4, 0.5) is 0 Å². The molecule has 5 nitrogen and oxygen atoms in total. The Morgan fingerprint density at radius 2 is 1.56 bits per heavy atom. The summed E-state index contributed by atoms with van der Waals surface area (Å²) < 4.78 is 10.8. The SMILES string of the molecule is CCOC(=O)CC#N.CCOC(=O)CCl.S=C=S. The molecule has 0 aliphatic heterocycles. The Balaban J connectivity index is -0.000000207. The van der Waals surface area contributed by atoms with Crippen LogP contribution in [-0.4, -0.2) is 35.3 Å². The predicted molar refractivity (Wildman–Crippen MR) is 74.4 cm³/mol. The molecule has 102 valence electrons. The van der Waals surface area contributed by atoms with E-state index in [9.17, 15) is 9.59 Å². The van der Waals surface area contributed by atoms with E-state index < -0.39 is 5.97 Å². The lowest BCUT2D eigenvalue weighted by atomic mass is 10.5. The minimum absolute atomic E-state index is 0.0478. The number of ether oxygens (including phenoxy) is 2. The Morgan fingerprint density at radius 3 is 1.78 bits per heavy atom. The molecule has 0 radical (unpaired) electrons. The first-order valence-corrected chi connectivity index (χ1v) is 6.12. The summed E-state index contributed by atoms with van der Waals surface area (Å²) in [6.07, 6.45) is -0.145. The monoisotopic (exact) mass is 311 g/mol. The number of thiocarbonyl (C=S) groups is 2. The minimum atomic E-state index is -0.449. The summed E-state index contributed by atoms with van der Waals surface area (Å²) in [7, 11) is 0. The fraction of sp³-hybridized carbons (Fsp3) is 0.600. The van der Waals surface area contributed by atoms with Crippen LogP contribution in [0.3, 0.4) is 0 Å². The number of rotatable bonds is 4. The highest BCUT2D eigenvalue weighted by atomic mass is 35.5. The van der Waals surface area contributed by atoms with Crippen molar-refractivity contribution in [3.63, 3.8) is 0 Å². The Kier molecular flexibility index (Phi) is 26.1. The van der Waals surface area contributed by atoms with Gasteiger partial charge in [-0.05, 0) is 38.3 Å². The zero-order valence-electron chi connectivity index (χ0n) is 10.1. The third-order valence-electron chi connectivity index (χ3n) is 0.943. The van der Waals surface area contributed by atoms with Crippen LogP contribution in [0.25, 0.3) is 0 Å². The van der Waals surface area contributed by atoms with Gasteiger partial charge in [-0.1, -0.05) is 0 Å². The van der Waals surface area contributed by atoms with Crippen LogP contribution in [0.2, 0.25) is 0 Å². The van der Waals surface area contributed by atoms with E-state index in [1.807, 2.05) is 4.31 Å². The highest BCUT2D eigenvalue weighted by Crippen LogP contribution is 1.81. The van der Waals surface area contributed by atoms with Gasteiger partial charge in [0.05, 0.1) is 19.3 Å². The van der Waals surface area contributed by atoms with Gasteiger partial charge in [0, 0.05) is 4.31 Å². The van der Waals surface area contributed by atoms with Gasteiger partial charge in [0.15, 0.2) is 0 Å². The van der Waals surface area contributed by atoms with Crippen molar-refractivity contribution >= 4 is 52.3 Å². The molecular formula is C10H14ClNO4S2. The quantitative estimate of drug-likeness (QED) is 0.448. The minimum Gasteiger partial charge on any atom is -0.465 e. The first-order chi connectivity index (χ1) is 8.53. The number of nitrogens with zero attached hydrogens (tertiary/aromatic N) is 1. The molecule has 0 heterocycles. The summed E-state index contributed by atoms with van der Waals surface area (Å²) in [4.78, 5) is 20.3. The van der Waals surface area contributed by atoms with Gasteiger partial charge >= 0.3 is 11.9 Å². The second-order valence-electron chi connectivity index (χ2n) is 2.16. The molecule has 0 aliphatic rings. The van der Waals surface area contributed by atoms with Crippen LogP contribution >= 0.6 is 36.0 Å². The average molecular weight is 312 g/mol. The predicted octanol–water partition coefficient (Wildman–Crippen LogP) is 2.27. The second-order valence-corrected chi connectivity index (χ2v) is 3.10. The maximum Gasteiger partial charge on any atom is 0.320 e. The Morgan fingerprint density at radius 1 is 1.17 bits per heavy atom. The van der Waals surface area contributed by atoms with E-state index in [-0.39, 0.29) is 18.3 Å². The zero-order chi connectivity index (χ0) is 14.8. The number of esters is 2. The van der Waals surface area contributed by atoms with Crippen LogP contribution in [0.15, 0.2) is 0 Å². The Hall–Kier alpha value is -1.06. The van der Waals surface area contributed by atoms with E-state index in [1.165, 1.54) is 0 Å². The summed E-state index contributed by atoms with van der Waals surface area (Å²) in [5.41, 5.74) is 0. The third kappa shape index (κ3) is 29.4. The van der Waals surface area contributed by atoms with Crippen LogP contribution in [0, 0.1) is 11.3 Å². The van der Waals surface area contributed by atoms with Crippen LogP contribution in [0.5, 0.6) is 0 Å². The maximum atomic E-state index is 10.2. The van der Waals surface area contributed by atoms with Crippen molar-refractivity contribution in [2.45, 2.75) is 20.3 Å². The lowest BCUT2D eigenvalue weighted by Gasteiger charge is -1.92. The molecule has 0 unspecified atom stereocenters. The van der Waals surface area contributed by atoms with Gasteiger partial charge in [-0.3, -0.25) is 9.59 Å². The normalized spacial score (nSPS) is 7.00. The lowest BCUT2D eigenvalue weighted by Crippen LogP contribution is -2.03. The van der Waals surface area contributed by atoms with Crippen molar-refractivity contribution in [2.24, 2.45) is 0 Å². The van der Waals surface area contributed by atoms with E-state index in [0.29, 0.717) is 13.2 Å². The van der Waals surface area contributed by atoms with E-state index in [0.717, 1.165) is 0 Å². The van der Waals surface area contributed by atoms with Crippen molar-refractivity contribution in [1.29, 1.82) is 5.26 Å². The number of carbonyl (C=O) groups is 2. The molecule has 0 bridgehead atoms. The smallest absolute Gasteiger partial charge is 0.320 e. The van der Waals surface area contributed by atoms with Gasteiger partial charge in [-0.15, -0.1) is 11.6 Å². The molecule has 0 fully saturated rings. The summed E-state index contributed by atoms with van der Waals surface area (Å²) in [6.45, 7) is 4.20. The topological polar surface area (TPSA) is 76.4 Å². The second kappa shape index (κ2) is 21.2. The summed E-state index contributed by atoms with van der Waals surface area (Å²) in [5, 5.41) is 7.91. The van der Waals surface area contributed by atoms with E-state index in [1.54, 1.807) is 19.9 Å². The number of halogens is 1. The summed E-state index contributed by atoms with van der Waals surface area (Å²) >= 11 is 13.0. The van der Waals surface area contributed by atoms with Gasteiger partial charge in [0.2, 0.25) is 0 Å². The molecule has 18 heavy (non-hydrogen) atoms. The molecular weight excluding hydrogens is 298 g/mol. The number of alkyl halides is 1. The molecule has 0 N–H and O–H groups in total. The first-order valence-electron chi connectivity index (χ1n) is 4.77.